The van der Waals surface area contributed by atoms with Crippen LogP contribution in [0.5, 0.6) is 0 Å². The quantitative estimate of drug-likeness (QED) is 0.780. The average Bonchev–Trinajstić information content (AvgIpc) is 2.45. The predicted octanol–water partition coefficient (Wildman–Crippen LogP) is 4.62. The molecule has 0 aliphatic rings. The van der Waals surface area contributed by atoms with E-state index in [4.69, 9.17) is 27.9 Å². The lowest BCUT2D eigenvalue weighted by molar-refractivity contribution is -0.0107. The van der Waals surface area contributed by atoms with Gasteiger partial charge in [-0.25, -0.2) is 4.79 Å². The molecule has 23 heavy (non-hydrogen) atoms. The second-order valence-electron chi connectivity index (χ2n) is 6.35. The van der Waals surface area contributed by atoms with Crippen molar-refractivity contribution in [2.45, 2.75) is 38.3 Å². The maximum atomic E-state index is 12.5. The van der Waals surface area contributed by atoms with Crippen LogP contribution in [0, 0.1) is 0 Å². The van der Waals surface area contributed by atoms with Crippen molar-refractivity contribution in [3.63, 3.8) is 0 Å². The molecule has 6 heteroatoms. The number of nitrogens with zero attached hydrogens (tertiary/aromatic N) is 1. The minimum Gasteiger partial charge on any atom is -0.444 e. The first-order valence-corrected chi connectivity index (χ1v) is 7.97. The van der Waals surface area contributed by atoms with Crippen LogP contribution in [0.15, 0.2) is 30.9 Å². The molecule has 0 radical (unpaired) electrons. The molecule has 0 fully saturated rings. The molecule has 0 aromatic heterocycles. The van der Waals surface area contributed by atoms with Crippen LogP contribution in [0.2, 0.25) is 10.0 Å². The van der Waals surface area contributed by atoms with Gasteiger partial charge in [0.2, 0.25) is 0 Å². The van der Waals surface area contributed by atoms with Gasteiger partial charge in [-0.05, 0) is 44.9 Å². The van der Waals surface area contributed by atoms with E-state index in [1.54, 1.807) is 52.1 Å². The van der Waals surface area contributed by atoms with Crippen molar-refractivity contribution < 1.29 is 14.6 Å². The first-order valence-electron chi connectivity index (χ1n) is 7.21. The number of benzene rings is 1. The molecule has 4 nitrogen and oxygen atoms in total. The molecule has 0 saturated carbocycles. The molecule has 0 aliphatic carbocycles. The summed E-state index contributed by atoms with van der Waals surface area (Å²) in [6.07, 6.45) is 1.43. The number of aliphatic hydroxyl groups excluding tert-OH is 1. The number of carbonyl (C=O) groups is 1. The molecule has 1 aromatic rings. The number of amides is 1. The summed E-state index contributed by atoms with van der Waals surface area (Å²) < 4.78 is 5.41. The van der Waals surface area contributed by atoms with Crippen LogP contribution in [0.3, 0.4) is 0 Å². The van der Waals surface area contributed by atoms with Gasteiger partial charge in [-0.15, -0.1) is 6.58 Å². The van der Waals surface area contributed by atoms with Gasteiger partial charge in [-0.3, -0.25) is 4.90 Å². The van der Waals surface area contributed by atoms with Gasteiger partial charge in [-0.2, -0.15) is 0 Å². The maximum absolute atomic E-state index is 12.5. The van der Waals surface area contributed by atoms with Gasteiger partial charge in [0.25, 0.3) is 0 Å². The summed E-state index contributed by atoms with van der Waals surface area (Å²) in [6.45, 7) is 8.76. The molecule has 1 amide bonds. The first kappa shape index (κ1) is 19.8. The number of halogens is 2. The van der Waals surface area contributed by atoms with Gasteiger partial charge in [0, 0.05) is 7.05 Å². The fraction of sp³-hybridized carbons (Fsp3) is 0.471. The Labute approximate surface area is 147 Å². The third-order valence-corrected chi connectivity index (χ3v) is 4.25. The summed E-state index contributed by atoms with van der Waals surface area (Å²) >= 11 is 12.1. The SMILES string of the molecule is C=CCC(CO)(c1ccc(Cl)c(Cl)c1)N(C)C(=O)OC(C)(C)C. The van der Waals surface area contributed by atoms with Crippen molar-refractivity contribution in [3.05, 3.63) is 46.5 Å². The summed E-state index contributed by atoms with van der Waals surface area (Å²) in [4.78, 5) is 13.8. The van der Waals surface area contributed by atoms with E-state index in [-0.39, 0.29) is 6.61 Å². The molecule has 1 unspecified atom stereocenters. The van der Waals surface area contributed by atoms with E-state index in [2.05, 4.69) is 6.58 Å². The number of aliphatic hydroxyl groups is 1. The van der Waals surface area contributed by atoms with Crippen LogP contribution in [-0.4, -0.2) is 35.4 Å². The van der Waals surface area contributed by atoms with Crippen molar-refractivity contribution in [2.24, 2.45) is 0 Å². The summed E-state index contributed by atoms with van der Waals surface area (Å²) in [7, 11) is 1.58. The van der Waals surface area contributed by atoms with Crippen LogP contribution < -0.4 is 0 Å². The van der Waals surface area contributed by atoms with Crippen molar-refractivity contribution in [1.82, 2.24) is 4.90 Å². The zero-order chi connectivity index (χ0) is 17.8. The first-order chi connectivity index (χ1) is 10.6. The van der Waals surface area contributed by atoms with E-state index in [0.717, 1.165) is 0 Å². The van der Waals surface area contributed by atoms with E-state index in [1.807, 2.05) is 0 Å². The summed E-state index contributed by atoms with van der Waals surface area (Å²) in [5, 5.41) is 10.8. The summed E-state index contributed by atoms with van der Waals surface area (Å²) in [5.41, 5.74) is -1.01. The normalized spacial score (nSPS) is 14.0. The monoisotopic (exact) mass is 359 g/mol. The Bertz CT molecular complexity index is 584. The Balaban J connectivity index is 3.32. The zero-order valence-corrected chi connectivity index (χ0v) is 15.4. The van der Waals surface area contributed by atoms with Gasteiger partial charge in [-0.1, -0.05) is 35.3 Å². The molecule has 0 saturated heterocycles. The Morgan fingerprint density at radius 3 is 2.39 bits per heavy atom. The number of rotatable bonds is 5. The zero-order valence-electron chi connectivity index (χ0n) is 13.9. The Kier molecular flexibility index (Phi) is 6.51. The number of carbonyl (C=O) groups excluding carboxylic acids is 1. The van der Waals surface area contributed by atoms with Crippen LogP contribution in [0.4, 0.5) is 4.79 Å². The molecular formula is C17H23Cl2NO3. The second kappa shape index (κ2) is 7.56. The van der Waals surface area contributed by atoms with Crippen LogP contribution in [0.25, 0.3) is 0 Å². The molecule has 128 valence electrons. The molecule has 0 spiro atoms. The maximum Gasteiger partial charge on any atom is 0.410 e. The number of ether oxygens (including phenoxy) is 1. The Hall–Kier alpha value is -1.23. The minimum atomic E-state index is -1.03. The van der Waals surface area contributed by atoms with Gasteiger partial charge >= 0.3 is 6.09 Å². The smallest absolute Gasteiger partial charge is 0.410 e. The predicted molar refractivity (Wildman–Crippen MR) is 94.0 cm³/mol. The molecular weight excluding hydrogens is 337 g/mol. The van der Waals surface area contributed by atoms with Gasteiger partial charge in [0.1, 0.15) is 5.60 Å². The molecule has 0 heterocycles. The fourth-order valence-electron chi connectivity index (χ4n) is 2.24. The van der Waals surface area contributed by atoms with Gasteiger partial charge in [0.15, 0.2) is 0 Å². The van der Waals surface area contributed by atoms with Gasteiger partial charge < -0.3 is 9.84 Å². The van der Waals surface area contributed by atoms with E-state index < -0.39 is 17.2 Å². The second-order valence-corrected chi connectivity index (χ2v) is 7.17. The highest BCUT2D eigenvalue weighted by Crippen LogP contribution is 2.36. The fourth-order valence-corrected chi connectivity index (χ4v) is 2.54. The highest BCUT2D eigenvalue weighted by molar-refractivity contribution is 6.42. The van der Waals surface area contributed by atoms with E-state index in [0.29, 0.717) is 22.0 Å². The van der Waals surface area contributed by atoms with Crippen LogP contribution >= 0.6 is 23.2 Å². The minimum absolute atomic E-state index is 0.313. The van der Waals surface area contributed by atoms with E-state index in [1.165, 1.54) is 4.90 Å². The van der Waals surface area contributed by atoms with E-state index in [9.17, 15) is 9.90 Å². The molecule has 0 aliphatic heterocycles. The number of hydrogen-bond acceptors (Lipinski definition) is 3. The van der Waals surface area contributed by atoms with Crippen molar-refractivity contribution in [2.75, 3.05) is 13.7 Å². The van der Waals surface area contributed by atoms with Crippen molar-refractivity contribution in [1.29, 1.82) is 0 Å². The summed E-state index contributed by atoms with van der Waals surface area (Å²) in [5.74, 6) is 0. The average molecular weight is 360 g/mol. The van der Waals surface area contributed by atoms with Crippen molar-refractivity contribution in [3.8, 4) is 0 Å². The standard InChI is InChI=1S/C17H23Cl2NO3/c1-6-9-17(11-21,12-7-8-13(18)14(19)10-12)20(5)15(22)23-16(2,3)4/h6-8,10,21H,1,9,11H2,2-5H3. The number of likely N-dealkylation sites (N-methyl/N-ethyl adjacent to an activating group) is 1. The molecule has 1 N–H and O–H groups in total. The highest BCUT2D eigenvalue weighted by Gasteiger charge is 2.40. The lowest BCUT2D eigenvalue weighted by atomic mass is 9.86. The Morgan fingerprint density at radius 2 is 1.96 bits per heavy atom. The van der Waals surface area contributed by atoms with Crippen LogP contribution in [-0.2, 0) is 10.3 Å². The third kappa shape index (κ3) is 4.63. The van der Waals surface area contributed by atoms with Gasteiger partial charge in [0.05, 0.1) is 22.2 Å². The lowest BCUT2D eigenvalue weighted by Crippen LogP contribution is -2.51. The van der Waals surface area contributed by atoms with Crippen molar-refractivity contribution >= 4 is 29.3 Å². The third-order valence-electron chi connectivity index (χ3n) is 3.51. The van der Waals surface area contributed by atoms with E-state index >= 15 is 0 Å². The molecule has 0 bridgehead atoms. The lowest BCUT2D eigenvalue weighted by Gasteiger charge is -2.41. The molecule has 1 atom stereocenters. The topological polar surface area (TPSA) is 49.8 Å². The largest absolute Gasteiger partial charge is 0.444 e. The van der Waals surface area contributed by atoms with Crippen LogP contribution in [0.1, 0.15) is 32.8 Å². The molecule has 1 aromatic carbocycles. The Morgan fingerprint density at radius 1 is 1.35 bits per heavy atom. The molecule has 1 rings (SSSR count). The highest BCUT2D eigenvalue weighted by atomic mass is 35.5. The summed E-state index contributed by atoms with van der Waals surface area (Å²) in [6, 6.07) is 5.01. The number of hydrogen-bond donors (Lipinski definition) is 1.